The first-order chi connectivity index (χ1) is 11.5. The zero-order chi connectivity index (χ0) is 17.5. The highest BCUT2D eigenvalue weighted by atomic mass is 19.3. The fourth-order valence-electron chi connectivity index (χ4n) is 2.54. The number of nitrogens with zero attached hydrogens (tertiary/aromatic N) is 6. The van der Waals surface area contributed by atoms with Crippen molar-refractivity contribution < 1.29 is 8.78 Å². The lowest BCUT2D eigenvalue weighted by Crippen LogP contribution is -2.40. The van der Waals surface area contributed by atoms with Gasteiger partial charge in [-0.25, -0.2) is 18.8 Å². The zero-order valence-corrected chi connectivity index (χ0v) is 14.4. The SMILES string of the molecule is CCCC1=C(CN2C=NC=CC2)N=CN(/C(=N\N(C)C)C(F)F)C1. The van der Waals surface area contributed by atoms with E-state index in [0.29, 0.717) is 13.1 Å². The summed E-state index contributed by atoms with van der Waals surface area (Å²) >= 11 is 0. The van der Waals surface area contributed by atoms with E-state index in [1.54, 1.807) is 26.6 Å². The van der Waals surface area contributed by atoms with Crippen LogP contribution in [0.4, 0.5) is 8.78 Å². The Labute approximate surface area is 141 Å². The number of rotatable bonds is 6. The van der Waals surface area contributed by atoms with Crippen LogP contribution in [0.2, 0.25) is 0 Å². The average Bonchev–Trinajstić information content (AvgIpc) is 2.55. The summed E-state index contributed by atoms with van der Waals surface area (Å²) in [4.78, 5) is 12.0. The van der Waals surface area contributed by atoms with Crippen LogP contribution in [0.25, 0.3) is 0 Å². The third kappa shape index (κ3) is 4.87. The van der Waals surface area contributed by atoms with E-state index in [-0.39, 0.29) is 5.84 Å². The number of hydrazone groups is 1. The van der Waals surface area contributed by atoms with Gasteiger partial charge in [-0.1, -0.05) is 13.3 Å². The Balaban J connectivity index is 2.16. The van der Waals surface area contributed by atoms with E-state index in [4.69, 9.17) is 0 Å². The quantitative estimate of drug-likeness (QED) is 0.424. The van der Waals surface area contributed by atoms with Gasteiger partial charge in [-0.2, -0.15) is 5.10 Å². The minimum atomic E-state index is -2.65. The molecule has 2 rings (SSSR count). The van der Waals surface area contributed by atoms with E-state index >= 15 is 0 Å². The van der Waals surface area contributed by atoms with E-state index < -0.39 is 6.43 Å². The molecule has 0 aromatic rings. The second-order valence-corrected chi connectivity index (χ2v) is 5.86. The van der Waals surface area contributed by atoms with Gasteiger partial charge in [-0.3, -0.25) is 0 Å². The molecule has 0 aromatic heterocycles. The van der Waals surface area contributed by atoms with Crippen LogP contribution in [0.5, 0.6) is 0 Å². The molecule has 0 saturated carbocycles. The molecule has 24 heavy (non-hydrogen) atoms. The maximum Gasteiger partial charge on any atom is 0.297 e. The third-order valence-corrected chi connectivity index (χ3v) is 3.58. The molecule has 2 heterocycles. The molecule has 0 bridgehead atoms. The van der Waals surface area contributed by atoms with Crippen LogP contribution in [0.1, 0.15) is 19.8 Å². The van der Waals surface area contributed by atoms with Gasteiger partial charge in [0.05, 0.1) is 24.9 Å². The average molecular weight is 338 g/mol. The standard InChI is InChI=1S/C16H24F2N6/c1-4-6-13-9-24(16(15(17)18)21-22(2)3)12-20-14(13)10-23-8-5-7-19-11-23/h5,7,11-12,15H,4,6,8-10H2,1-3H3/b21-16-. The Morgan fingerprint density at radius 3 is 2.75 bits per heavy atom. The number of aliphatic imine (C=N–C) groups is 2. The molecule has 6 nitrogen and oxygen atoms in total. The van der Waals surface area contributed by atoms with Crippen molar-refractivity contribution in [2.75, 3.05) is 33.7 Å². The molecule has 0 radical (unpaired) electrons. The minimum absolute atomic E-state index is 0.279. The van der Waals surface area contributed by atoms with Crippen molar-refractivity contribution in [1.29, 1.82) is 0 Å². The van der Waals surface area contributed by atoms with Gasteiger partial charge in [0.25, 0.3) is 6.43 Å². The van der Waals surface area contributed by atoms with Crippen molar-refractivity contribution in [3.05, 3.63) is 23.5 Å². The Morgan fingerprint density at radius 2 is 2.17 bits per heavy atom. The molecule has 132 valence electrons. The van der Waals surface area contributed by atoms with Crippen LogP contribution in [-0.2, 0) is 0 Å². The Morgan fingerprint density at radius 1 is 1.38 bits per heavy atom. The van der Waals surface area contributed by atoms with Gasteiger partial charge < -0.3 is 14.8 Å². The van der Waals surface area contributed by atoms with Gasteiger partial charge >= 0.3 is 0 Å². The molecule has 0 fully saturated rings. The van der Waals surface area contributed by atoms with E-state index in [1.807, 2.05) is 11.0 Å². The molecule has 0 saturated heterocycles. The van der Waals surface area contributed by atoms with Crippen molar-refractivity contribution >= 4 is 18.5 Å². The van der Waals surface area contributed by atoms with Crippen LogP contribution >= 0.6 is 0 Å². The fraction of sp³-hybridized carbons (Fsp3) is 0.562. The summed E-state index contributed by atoms with van der Waals surface area (Å²) in [6.07, 6.45) is 6.07. The smallest absolute Gasteiger partial charge is 0.297 e. The highest BCUT2D eigenvalue weighted by molar-refractivity contribution is 5.95. The molecule has 0 amide bonds. The number of amidine groups is 1. The van der Waals surface area contributed by atoms with Gasteiger partial charge in [-0.15, -0.1) is 0 Å². The molecule has 8 heteroatoms. The number of hydrogen-bond acceptors (Lipinski definition) is 5. The lowest BCUT2D eigenvalue weighted by atomic mass is 10.1. The summed E-state index contributed by atoms with van der Waals surface area (Å²) in [7, 11) is 3.25. The lowest BCUT2D eigenvalue weighted by Gasteiger charge is -2.29. The Bertz CT molecular complexity index is 577. The third-order valence-electron chi connectivity index (χ3n) is 3.58. The highest BCUT2D eigenvalue weighted by Gasteiger charge is 2.25. The van der Waals surface area contributed by atoms with Gasteiger partial charge in [-0.05, 0) is 18.1 Å². The maximum atomic E-state index is 13.3. The topological polar surface area (TPSA) is 46.8 Å². The van der Waals surface area contributed by atoms with Crippen LogP contribution in [0, 0.1) is 0 Å². The highest BCUT2D eigenvalue weighted by Crippen LogP contribution is 2.20. The number of halogens is 2. The minimum Gasteiger partial charge on any atom is -0.353 e. The van der Waals surface area contributed by atoms with E-state index in [9.17, 15) is 8.78 Å². The van der Waals surface area contributed by atoms with Gasteiger partial charge in [0.1, 0.15) is 0 Å². The van der Waals surface area contributed by atoms with E-state index in [1.165, 1.54) is 16.2 Å². The molecule has 0 unspecified atom stereocenters. The van der Waals surface area contributed by atoms with E-state index in [0.717, 1.165) is 30.7 Å². The van der Waals surface area contributed by atoms with Crippen molar-refractivity contribution in [1.82, 2.24) is 14.8 Å². The van der Waals surface area contributed by atoms with Crippen LogP contribution in [-0.4, -0.2) is 73.5 Å². The summed E-state index contributed by atoms with van der Waals surface area (Å²) < 4.78 is 26.6. The monoisotopic (exact) mass is 338 g/mol. The molecule has 2 aliphatic rings. The molecule has 0 N–H and O–H groups in total. The van der Waals surface area contributed by atoms with Crippen molar-refractivity contribution in [3.63, 3.8) is 0 Å². The number of hydrogen-bond donors (Lipinski definition) is 0. The molecule has 0 aromatic carbocycles. The van der Waals surface area contributed by atoms with E-state index in [2.05, 4.69) is 22.0 Å². The van der Waals surface area contributed by atoms with Crippen LogP contribution in [0.3, 0.4) is 0 Å². The predicted octanol–water partition coefficient (Wildman–Crippen LogP) is 2.38. The van der Waals surface area contributed by atoms with Gasteiger partial charge in [0.2, 0.25) is 0 Å². The summed E-state index contributed by atoms with van der Waals surface area (Å²) in [6, 6.07) is 0. The Hall–Kier alpha value is -2.25. The zero-order valence-electron chi connectivity index (χ0n) is 14.4. The lowest BCUT2D eigenvalue weighted by molar-refractivity contribution is 0.207. The van der Waals surface area contributed by atoms with Crippen LogP contribution < -0.4 is 0 Å². The molecular formula is C16H24F2N6. The molecular weight excluding hydrogens is 314 g/mol. The molecule has 0 spiro atoms. The van der Waals surface area contributed by atoms with Crippen LogP contribution in [0.15, 0.2) is 38.6 Å². The summed E-state index contributed by atoms with van der Waals surface area (Å²) in [6.45, 7) is 3.86. The van der Waals surface area contributed by atoms with Gasteiger partial charge in [0.15, 0.2) is 5.84 Å². The molecule has 0 aliphatic carbocycles. The summed E-state index contributed by atoms with van der Waals surface area (Å²) in [5, 5.41) is 5.29. The second kappa shape index (κ2) is 8.56. The molecule has 0 atom stereocenters. The first kappa shape index (κ1) is 18.1. The second-order valence-electron chi connectivity index (χ2n) is 5.86. The van der Waals surface area contributed by atoms with Crippen molar-refractivity contribution in [2.45, 2.75) is 26.2 Å². The predicted molar refractivity (Wildman–Crippen MR) is 93.5 cm³/mol. The van der Waals surface area contributed by atoms with Gasteiger partial charge in [0, 0.05) is 33.4 Å². The number of alkyl halides is 2. The molecule has 2 aliphatic heterocycles. The van der Waals surface area contributed by atoms with Crippen molar-refractivity contribution in [2.24, 2.45) is 15.1 Å². The largest absolute Gasteiger partial charge is 0.353 e. The van der Waals surface area contributed by atoms with Crippen molar-refractivity contribution in [3.8, 4) is 0 Å². The summed E-state index contributed by atoms with van der Waals surface area (Å²) in [5.74, 6) is -0.279. The normalized spacial score (nSPS) is 18.2. The first-order valence-electron chi connectivity index (χ1n) is 7.99. The first-order valence-corrected chi connectivity index (χ1v) is 7.99. The maximum absolute atomic E-state index is 13.3. The summed E-state index contributed by atoms with van der Waals surface area (Å²) in [5.41, 5.74) is 1.99. The fourth-order valence-corrected chi connectivity index (χ4v) is 2.54. The Kier molecular flexibility index (Phi) is 6.45.